The molecule has 0 aliphatic carbocycles. The third-order valence-corrected chi connectivity index (χ3v) is 5.56. The molecule has 0 fully saturated rings. The first-order valence-electron chi connectivity index (χ1n) is 10.4. The fourth-order valence-corrected chi connectivity index (χ4v) is 4.11. The van der Waals surface area contributed by atoms with Crippen LogP contribution in [0.3, 0.4) is 0 Å². The van der Waals surface area contributed by atoms with Crippen molar-refractivity contribution in [3.63, 3.8) is 0 Å². The number of benzene rings is 2. The summed E-state index contributed by atoms with van der Waals surface area (Å²) in [7, 11) is 0. The predicted octanol–water partition coefficient (Wildman–Crippen LogP) is 4.22. The summed E-state index contributed by atoms with van der Waals surface area (Å²) in [5.74, 6) is 0.174. The maximum Gasteiger partial charge on any atom is 0.487 e. The average Bonchev–Trinajstić information content (AvgIpc) is 3.16. The van der Waals surface area contributed by atoms with Crippen LogP contribution in [-0.2, 0) is 13.0 Å². The Labute approximate surface area is 197 Å². The highest BCUT2D eigenvalue weighted by Gasteiger charge is 2.27. The first-order chi connectivity index (χ1) is 16.3. The van der Waals surface area contributed by atoms with Crippen molar-refractivity contribution in [2.45, 2.75) is 31.1 Å². The van der Waals surface area contributed by atoms with Crippen molar-refractivity contribution >= 4 is 34.2 Å². The summed E-state index contributed by atoms with van der Waals surface area (Å²) in [4.78, 5) is 17.7. The van der Waals surface area contributed by atoms with Crippen LogP contribution < -0.4 is 10.1 Å². The molecule has 0 spiro atoms. The van der Waals surface area contributed by atoms with Crippen molar-refractivity contribution < 1.29 is 23.4 Å². The number of hydrogen-bond donors (Lipinski definition) is 2. The highest BCUT2D eigenvalue weighted by molar-refractivity contribution is 6.20. The largest absolute Gasteiger partial charge is 0.487 e. The van der Waals surface area contributed by atoms with E-state index < -0.39 is 17.6 Å². The molecule has 174 valence electrons. The number of fused-ring (bicyclic) bond motifs is 3. The predicted molar refractivity (Wildman–Crippen MR) is 121 cm³/mol. The second-order valence-electron chi connectivity index (χ2n) is 7.85. The highest BCUT2D eigenvalue weighted by atomic mass is 35.5. The maximum atomic E-state index is 13.1. The summed E-state index contributed by atoms with van der Waals surface area (Å²) in [6, 6.07) is 12.3. The molecule has 1 amide bonds. The van der Waals surface area contributed by atoms with Gasteiger partial charge in [0.1, 0.15) is 11.6 Å². The number of ether oxygens (including phenoxy) is 1. The molecule has 0 radical (unpaired) electrons. The molecule has 2 N–H and O–H groups in total. The average molecular weight is 486 g/mol. The van der Waals surface area contributed by atoms with E-state index in [0.29, 0.717) is 47.4 Å². The number of aliphatic hydroxyl groups excluding tert-OH is 1. The van der Waals surface area contributed by atoms with Gasteiger partial charge in [0.15, 0.2) is 0 Å². The maximum absolute atomic E-state index is 13.1. The normalized spacial score (nSPS) is 15.7. The molecule has 2 aromatic heterocycles. The van der Waals surface area contributed by atoms with E-state index in [1.807, 2.05) is 4.57 Å². The van der Waals surface area contributed by atoms with Crippen LogP contribution in [-0.4, -0.2) is 42.4 Å². The molecule has 0 saturated carbocycles. The van der Waals surface area contributed by atoms with Crippen LogP contribution in [0.4, 0.5) is 14.5 Å². The lowest BCUT2D eigenvalue weighted by Crippen LogP contribution is -2.23. The third-order valence-electron chi connectivity index (χ3n) is 5.48. The Hall–Kier alpha value is -3.63. The molecule has 1 aliphatic rings. The lowest BCUT2D eigenvalue weighted by molar-refractivity contribution is -0.0964. The van der Waals surface area contributed by atoms with Gasteiger partial charge in [0.25, 0.3) is 5.91 Å². The number of amides is 1. The summed E-state index contributed by atoms with van der Waals surface area (Å²) in [6.45, 7) is 0.599. The van der Waals surface area contributed by atoms with E-state index in [4.69, 9.17) is 11.6 Å². The number of halogens is 3. The zero-order valence-electron chi connectivity index (χ0n) is 17.6. The van der Waals surface area contributed by atoms with Crippen molar-refractivity contribution in [2.24, 2.45) is 0 Å². The molecule has 1 atom stereocenters. The number of aryl methyl sites for hydroxylation is 1. The summed E-state index contributed by atoms with van der Waals surface area (Å²) >= 11 is 4.77. The Kier molecular flexibility index (Phi) is 5.62. The number of hydrogen-bond acceptors (Lipinski definition) is 6. The van der Waals surface area contributed by atoms with Crippen LogP contribution in [0.15, 0.2) is 54.7 Å². The van der Waals surface area contributed by atoms with Crippen molar-refractivity contribution in [3.8, 4) is 17.0 Å². The first-order valence-corrected chi connectivity index (χ1v) is 10.8. The van der Waals surface area contributed by atoms with Gasteiger partial charge in [0, 0.05) is 47.6 Å². The molecule has 8 nitrogen and oxygen atoms in total. The van der Waals surface area contributed by atoms with Crippen LogP contribution in [0.5, 0.6) is 5.75 Å². The molecule has 0 bridgehead atoms. The molecule has 0 saturated heterocycles. The van der Waals surface area contributed by atoms with Crippen LogP contribution in [0.2, 0.25) is 0 Å². The fourth-order valence-electron chi connectivity index (χ4n) is 4.02. The van der Waals surface area contributed by atoms with Gasteiger partial charge >= 0.3 is 5.57 Å². The number of nitrogens with one attached hydrogen (secondary N) is 1. The SMILES string of the molecule is O=C(Nc1ccc(OC(F)(F)Cl)cc1)c1cc(-c2cccnn2)c2c(c1)nc1n2CC[C@H](O)C1. The summed E-state index contributed by atoms with van der Waals surface area (Å²) < 4.78 is 31.9. The number of carbonyl (C=O) groups excluding carboxylic acids is 1. The molecule has 3 heterocycles. The van der Waals surface area contributed by atoms with Gasteiger partial charge in [-0.15, -0.1) is 8.78 Å². The van der Waals surface area contributed by atoms with E-state index in [1.54, 1.807) is 30.5 Å². The molecule has 0 unspecified atom stereocenters. The molecular weight excluding hydrogens is 468 g/mol. The van der Waals surface area contributed by atoms with Crippen molar-refractivity contribution in [3.05, 3.63) is 66.1 Å². The van der Waals surface area contributed by atoms with Crippen LogP contribution in [0.25, 0.3) is 22.3 Å². The Morgan fingerprint density at radius 3 is 2.74 bits per heavy atom. The number of carbonyl (C=O) groups is 1. The summed E-state index contributed by atoms with van der Waals surface area (Å²) in [5, 5.41) is 21.0. The third kappa shape index (κ3) is 4.55. The van der Waals surface area contributed by atoms with Gasteiger partial charge in [-0.2, -0.15) is 10.2 Å². The Bertz CT molecular complexity index is 1360. The summed E-state index contributed by atoms with van der Waals surface area (Å²) in [5.41, 5.74) is -0.414. The fraction of sp³-hybridized carbons (Fsp3) is 0.217. The Morgan fingerprint density at radius 1 is 1.24 bits per heavy atom. The second kappa shape index (κ2) is 8.62. The topological polar surface area (TPSA) is 102 Å². The number of imidazole rings is 1. The first kappa shape index (κ1) is 22.2. The van der Waals surface area contributed by atoms with Gasteiger partial charge < -0.3 is 19.7 Å². The standard InChI is InChI=1S/C23H18ClF2N5O3/c24-23(25,26)34-16-5-3-14(4-6-16)28-22(33)13-10-17(18-2-1-8-27-30-18)21-19(11-13)29-20-12-15(32)7-9-31(20)21/h1-6,8,10-11,15,32H,7,9,12H2,(H,28,33)/t15-/m0/s1. The minimum absolute atomic E-state index is 0.143. The van der Waals surface area contributed by atoms with Crippen LogP contribution in [0, 0.1) is 0 Å². The Balaban J connectivity index is 1.50. The van der Waals surface area contributed by atoms with E-state index in [2.05, 4.69) is 25.2 Å². The number of rotatable bonds is 5. The van der Waals surface area contributed by atoms with Gasteiger partial charge in [-0.1, -0.05) is 0 Å². The lowest BCUT2D eigenvalue weighted by atomic mass is 10.0. The second-order valence-corrected chi connectivity index (χ2v) is 8.29. The Morgan fingerprint density at radius 2 is 2.03 bits per heavy atom. The van der Waals surface area contributed by atoms with E-state index in [1.165, 1.54) is 24.3 Å². The molecule has 11 heteroatoms. The van der Waals surface area contributed by atoms with E-state index >= 15 is 0 Å². The molecule has 5 rings (SSSR count). The minimum Gasteiger partial charge on any atom is -0.420 e. The zero-order valence-corrected chi connectivity index (χ0v) is 18.3. The van der Waals surface area contributed by atoms with Crippen molar-refractivity contribution in [1.82, 2.24) is 19.7 Å². The molecule has 34 heavy (non-hydrogen) atoms. The van der Waals surface area contributed by atoms with Gasteiger partial charge in [0.2, 0.25) is 0 Å². The smallest absolute Gasteiger partial charge is 0.420 e. The lowest BCUT2D eigenvalue weighted by Gasteiger charge is -2.20. The number of anilines is 1. The quantitative estimate of drug-likeness (QED) is 0.410. The van der Waals surface area contributed by atoms with Crippen molar-refractivity contribution in [1.29, 1.82) is 0 Å². The van der Waals surface area contributed by atoms with Crippen LogP contribution >= 0.6 is 11.6 Å². The molecule has 2 aromatic carbocycles. The zero-order chi connectivity index (χ0) is 23.9. The van der Waals surface area contributed by atoms with E-state index in [9.17, 15) is 18.7 Å². The van der Waals surface area contributed by atoms with Crippen LogP contribution in [0.1, 0.15) is 22.6 Å². The monoisotopic (exact) mass is 485 g/mol. The van der Waals surface area contributed by atoms with Gasteiger partial charge in [-0.05, 0) is 55.0 Å². The number of alkyl halides is 3. The molecule has 4 aromatic rings. The van der Waals surface area contributed by atoms with Gasteiger partial charge in [-0.25, -0.2) is 4.98 Å². The molecular formula is C23H18ClF2N5O3. The number of nitrogens with zero attached hydrogens (tertiary/aromatic N) is 4. The van der Waals surface area contributed by atoms with E-state index in [-0.39, 0.29) is 5.75 Å². The number of aromatic nitrogens is 4. The van der Waals surface area contributed by atoms with Gasteiger partial charge in [0.05, 0.1) is 22.8 Å². The summed E-state index contributed by atoms with van der Waals surface area (Å²) in [6.07, 6.45) is 2.13. The van der Waals surface area contributed by atoms with Gasteiger partial charge in [-0.3, -0.25) is 4.79 Å². The molecule has 1 aliphatic heterocycles. The minimum atomic E-state index is -3.82. The van der Waals surface area contributed by atoms with Crippen molar-refractivity contribution in [2.75, 3.05) is 5.32 Å². The number of aliphatic hydroxyl groups is 1. The highest BCUT2D eigenvalue weighted by Crippen LogP contribution is 2.33. The van der Waals surface area contributed by atoms with E-state index in [0.717, 1.165) is 11.3 Å².